The lowest BCUT2D eigenvalue weighted by Gasteiger charge is -2.12. The Morgan fingerprint density at radius 2 is 1.41 bits per heavy atom. The molecule has 1 heterocycles. The largest absolute Gasteiger partial charge is 0.467 e. The van der Waals surface area contributed by atoms with Crippen molar-refractivity contribution in [3.63, 3.8) is 0 Å². The van der Waals surface area contributed by atoms with Crippen LogP contribution in [0.1, 0.15) is 0 Å². The van der Waals surface area contributed by atoms with Crippen LogP contribution in [-0.4, -0.2) is 22.1 Å². The Morgan fingerprint density at radius 3 is 2.22 bits per heavy atom. The maximum absolute atomic E-state index is 6.10. The number of methoxy groups -OCH3 is 1. The molecule has 5 heteroatoms. The summed E-state index contributed by atoms with van der Waals surface area (Å²) >= 11 is 6.10. The first-order valence-electron chi connectivity index (χ1n) is 8.54. The van der Waals surface area contributed by atoms with Gasteiger partial charge in [-0.2, -0.15) is 15.0 Å². The van der Waals surface area contributed by atoms with Gasteiger partial charge in [-0.05, 0) is 50.0 Å². The molecule has 0 amide bonds. The van der Waals surface area contributed by atoms with E-state index >= 15 is 0 Å². The molecule has 0 spiro atoms. The standard InChI is InChI=1S/C22H14ClN3O/c1-27-22-25-20(24-21(23)26-22)19-12-18-14-7-3-2-6-13(14)10-11-17(18)15-8-4-5-9-16(15)19/h2-12H,1H3. The van der Waals surface area contributed by atoms with E-state index in [0.29, 0.717) is 5.82 Å². The van der Waals surface area contributed by atoms with E-state index in [9.17, 15) is 0 Å². The van der Waals surface area contributed by atoms with E-state index in [1.807, 2.05) is 18.2 Å². The van der Waals surface area contributed by atoms with Gasteiger partial charge in [0.05, 0.1) is 7.11 Å². The summed E-state index contributed by atoms with van der Waals surface area (Å²) < 4.78 is 5.18. The summed E-state index contributed by atoms with van der Waals surface area (Å²) in [4.78, 5) is 12.8. The molecule has 0 aliphatic heterocycles. The van der Waals surface area contributed by atoms with Crippen molar-refractivity contribution in [3.05, 3.63) is 72.0 Å². The summed E-state index contributed by atoms with van der Waals surface area (Å²) in [6, 6.07) is 23.3. The lowest BCUT2D eigenvalue weighted by molar-refractivity contribution is 0.379. The summed E-state index contributed by atoms with van der Waals surface area (Å²) in [5.41, 5.74) is 0.900. The molecule has 0 aliphatic carbocycles. The number of ether oxygens (including phenoxy) is 1. The van der Waals surface area contributed by atoms with Crippen molar-refractivity contribution in [2.75, 3.05) is 7.11 Å². The SMILES string of the molecule is COc1nc(Cl)nc(-c2cc3c4ccccc4ccc3c3ccccc23)n1. The summed E-state index contributed by atoms with van der Waals surface area (Å²) in [7, 11) is 1.52. The van der Waals surface area contributed by atoms with Crippen molar-refractivity contribution in [3.8, 4) is 17.4 Å². The van der Waals surface area contributed by atoms with Crippen LogP contribution in [-0.2, 0) is 0 Å². The van der Waals surface area contributed by atoms with E-state index in [-0.39, 0.29) is 11.3 Å². The Hall–Kier alpha value is -3.24. The van der Waals surface area contributed by atoms with Gasteiger partial charge in [0.15, 0.2) is 5.82 Å². The number of nitrogens with zero attached hydrogens (tertiary/aromatic N) is 3. The number of hydrogen-bond donors (Lipinski definition) is 0. The van der Waals surface area contributed by atoms with Gasteiger partial charge < -0.3 is 4.74 Å². The number of rotatable bonds is 2. The molecule has 0 radical (unpaired) electrons. The highest BCUT2D eigenvalue weighted by Crippen LogP contribution is 2.37. The summed E-state index contributed by atoms with van der Waals surface area (Å²) in [6.45, 7) is 0. The topological polar surface area (TPSA) is 47.9 Å². The van der Waals surface area contributed by atoms with Gasteiger partial charge in [0, 0.05) is 5.56 Å². The Bertz CT molecular complexity index is 1330. The predicted molar refractivity (Wildman–Crippen MR) is 109 cm³/mol. The molecule has 1 aromatic heterocycles. The summed E-state index contributed by atoms with van der Waals surface area (Å²) in [6.07, 6.45) is 0. The third-order valence-corrected chi connectivity index (χ3v) is 4.95. The van der Waals surface area contributed by atoms with Crippen LogP contribution in [0.15, 0.2) is 66.7 Å². The molecule has 0 saturated carbocycles. The average Bonchev–Trinajstić information content (AvgIpc) is 2.72. The van der Waals surface area contributed by atoms with Crippen molar-refractivity contribution in [2.24, 2.45) is 0 Å². The second-order valence-electron chi connectivity index (χ2n) is 6.27. The molecular weight excluding hydrogens is 358 g/mol. The normalized spacial score (nSPS) is 11.3. The summed E-state index contributed by atoms with van der Waals surface area (Å²) in [5, 5.41) is 7.04. The molecule has 4 aromatic carbocycles. The second kappa shape index (κ2) is 6.18. The van der Waals surface area contributed by atoms with E-state index in [4.69, 9.17) is 16.3 Å². The van der Waals surface area contributed by atoms with Crippen LogP contribution < -0.4 is 4.74 Å². The molecule has 130 valence electrons. The Balaban J connectivity index is 1.96. The van der Waals surface area contributed by atoms with Gasteiger partial charge in [-0.3, -0.25) is 0 Å². The lowest BCUT2D eigenvalue weighted by Crippen LogP contribution is -1.98. The predicted octanol–water partition coefficient (Wildman–Crippen LogP) is 5.66. The number of hydrogen-bond acceptors (Lipinski definition) is 4. The van der Waals surface area contributed by atoms with Crippen LogP contribution in [0, 0.1) is 0 Å². The monoisotopic (exact) mass is 371 g/mol. The maximum Gasteiger partial charge on any atom is 0.321 e. The zero-order valence-corrected chi connectivity index (χ0v) is 15.2. The first-order valence-corrected chi connectivity index (χ1v) is 8.91. The van der Waals surface area contributed by atoms with Gasteiger partial charge in [0.25, 0.3) is 0 Å². The van der Waals surface area contributed by atoms with E-state index in [0.717, 1.165) is 21.7 Å². The quantitative estimate of drug-likeness (QED) is 0.376. The number of aromatic nitrogens is 3. The molecule has 0 aliphatic rings. The van der Waals surface area contributed by atoms with Crippen LogP contribution in [0.5, 0.6) is 6.01 Å². The van der Waals surface area contributed by atoms with Crippen LogP contribution in [0.4, 0.5) is 0 Å². The first kappa shape index (κ1) is 16.0. The van der Waals surface area contributed by atoms with Crippen LogP contribution in [0.3, 0.4) is 0 Å². The minimum absolute atomic E-state index is 0.110. The van der Waals surface area contributed by atoms with Gasteiger partial charge in [-0.1, -0.05) is 60.7 Å². The highest BCUT2D eigenvalue weighted by atomic mass is 35.5. The average molecular weight is 372 g/mol. The second-order valence-corrected chi connectivity index (χ2v) is 6.60. The molecule has 0 unspecified atom stereocenters. The van der Waals surface area contributed by atoms with Crippen molar-refractivity contribution in [1.29, 1.82) is 0 Å². The van der Waals surface area contributed by atoms with Gasteiger partial charge in [-0.25, -0.2) is 0 Å². The Kier molecular flexibility index (Phi) is 3.66. The third-order valence-electron chi connectivity index (χ3n) is 4.78. The first-order chi connectivity index (χ1) is 13.2. The molecule has 27 heavy (non-hydrogen) atoms. The van der Waals surface area contributed by atoms with Crippen molar-refractivity contribution in [2.45, 2.75) is 0 Å². The van der Waals surface area contributed by atoms with Crippen molar-refractivity contribution in [1.82, 2.24) is 15.0 Å². The van der Waals surface area contributed by atoms with Gasteiger partial charge in [-0.15, -0.1) is 0 Å². The maximum atomic E-state index is 6.10. The van der Waals surface area contributed by atoms with Gasteiger partial charge >= 0.3 is 6.01 Å². The van der Waals surface area contributed by atoms with E-state index in [1.54, 1.807) is 0 Å². The fourth-order valence-electron chi connectivity index (χ4n) is 3.59. The van der Waals surface area contributed by atoms with E-state index < -0.39 is 0 Å². The molecule has 0 fully saturated rings. The molecule has 4 nitrogen and oxygen atoms in total. The highest BCUT2D eigenvalue weighted by Gasteiger charge is 2.14. The van der Waals surface area contributed by atoms with Crippen LogP contribution in [0.2, 0.25) is 5.28 Å². The van der Waals surface area contributed by atoms with Gasteiger partial charge in [0.1, 0.15) is 0 Å². The number of fused-ring (bicyclic) bond motifs is 5. The van der Waals surface area contributed by atoms with E-state index in [2.05, 4.69) is 63.5 Å². The van der Waals surface area contributed by atoms with Gasteiger partial charge in [0.2, 0.25) is 5.28 Å². The minimum Gasteiger partial charge on any atom is -0.467 e. The molecule has 0 saturated heterocycles. The number of benzene rings is 4. The highest BCUT2D eigenvalue weighted by molar-refractivity contribution is 6.28. The Labute approximate surface area is 160 Å². The molecule has 0 N–H and O–H groups in total. The zero-order valence-electron chi connectivity index (χ0n) is 14.5. The molecule has 5 aromatic rings. The lowest BCUT2D eigenvalue weighted by atomic mass is 9.93. The number of halogens is 1. The summed E-state index contributed by atoms with van der Waals surface area (Å²) in [5.74, 6) is 0.498. The fourth-order valence-corrected chi connectivity index (χ4v) is 3.74. The molecule has 0 atom stereocenters. The molecular formula is C22H14ClN3O. The minimum atomic E-state index is 0.110. The third kappa shape index (κ3) is 2.57. The molecule has 5 rings (SSSR count). The fraction of sp³-hybridized carbons (Fsp3) is 0.0455. The van der Waals surface area contributed by atoms with Crippen molar-refractivity contribution < 1.29 is 4.74 Å². The zero-order chi connectivity index (χ0) is 18.4. The Morgan fingerprint density at radius 1 is 0.704 bits per heavy atom. The van der Waals surface area contributed by atoms with Crippen molar-refractivity contribution >= 4 is 43.9 Å². The smallest absolute Gasteiger partial charge is 0.321 e. The molecule has 0 bridgehead atoms. The van der Waals surface area contributed by atoms with E-state index in [1.165, 1.54) is 23.3 Å². The van der Waals surface area contributed by atoms with Crippen LogP contribution >= 0.6 is 11.6 Å². The van der Waals surface area contributed by atoms with Crippen LogP contribution in [0.25, 0.3) is 43.7 Å².